The van der Waals surface area contributed by atoms with Crippen molar-refractivity contribution in [2.45, 2.75) is 0 Å². The molecule has 0 bridgehead atoms. The lowest BCUT2D eigenvalue weighted by atomic mass is 10.1. The second-order valence-corrected chi connectivity index (χ2v) is 3.90. The molecule has 1 aliphatic heterocycles. The summed E-state index contributed by atoms with van der Waals surface area (Å²) in [5, 5.41) is 3.07. The quantitative estimate of drug-likeness (QED) is 0.708. The Kier molecular flexibility index (Phi) is 3.23. The molecule has 17 heavy (non-hydrogen) atoms. The monoisotopic (exact) mass is 241 g/mol. The van der Waals surface area contributed by atoms with E-state index in [0.717, 1.165) is 12.1 Å². The van der Waals surface area contributed by atoms with Crippen LogP contribution in [0.3, 0.4) is 0 Å². The molecule has 1 amide bonds. The zero-order valence-electron chi connectivity index (χ0n) is 9.17. The molecular weight excluding hydrogens is 228 g/mol. The maximum atomic E-state index is 13.6. The van der Waals surface area contributed by atoms with Crippen LogP contribution in [0.2, 0.25) is 0 Å². The molecule has 6 heteroatoms. The number of nitrogen functional groups attached to an aromatic ring is 1. The Morgan fingerprint density at radius 1 is 1.29 bits per heavy atom. The molecule has 1 aromatic rings. The van der Waals surface area contributed by atoms with Crippen LogP contribution in [0.5, 0.6) is 0 Å². The van der Waals surface area contributed by atoms with Gasteiger partial charge in [-0.2, -0.15) is 0 Å². The van der Waals surface area contributed by atoms with Crippen LogP contribution in [0.4, 0.5) is 14.5 Å². The van der Waals surface area contributed by atoms with Gasteiger partial charge < -0.3 is 16.0 Å². The van der Waals surface area contributed by atoms with Gasteiger partial charge in [-0.3, -0.25) is 4.79 Å². The van der Waals surface area contributed by atoms with Crippen LogP contribution >= 0.6 is 0 Å². The van der Waals surface area contributed by atoms with Crippen molar-refractivity contribution >= 4 is 11.6 Å². The minimum absolute atomic E-state index is 0.301. The van der Waals surface area contributed by atoms with Crippen molar-refractivity contribution in [1.29, 1.82) is 0 Å². The SMILES string of the molecule is Nc1cc(F)cc(C(=O)N2CCNCC2)c1F. The van der Waals surface area contributed by atoms with Gasteiger partial charge in [0.25, 0.3) is 5.91 Å². The molecule has 1 aromatic carbocycles. The lowest BCUT2D eigenvalue weighted by Gasteiger charge is -2.27. The minimum Gasteiger partial charge on any atom is -0.396 e. The summed E-state index contributed by atoms with van der Waals surface area (Å²) >= 11 is 0. The van der Waals surface area contributed by atoms with Crippen LogP contribution in [0.25, 0.3) is 0 Å². The largest absolute Gasteiger partial charge is 0.396 e. The summed E-state index contributed by atoms with van der Waals surface area (Å²) in [5.41, 5.74) is 4.65. The van der Waals surface area contributed by atoms with Gasteiger partial charge in [-0.15, -0.1) is 0 Å². The molecule has 1 heterocycles. The number of nitrogens with one attached hydrogen (secondary N) is 1. The number of amides is 1. The molecule has 0 aromatic heterocycles. The Balaban J connectivity index is 2.29. The van der Waals surface area contributed by atoms with Crippen LogP contribution in [-0.2, 0) is 0 Å². The van der Waals surface area contributed by atoms with Crippen molar-refractivity contribution in [1.82, 2.24) is 10.2 Å². The van der Waals surface area contributed by atoms with Gasteiger partial charge in [-0.25, -0.2) is 8.78 Å². The van der Waals surface area contributed by atoms with E-state index in [0.29, 0.717) is 26.2 Å². The lowest BCUT2D eigenvalue weighted by Crippen LogP contribution is -2.46. The topological polar surface area (TPSA) is 58.4 Å². The molecule has 4 nitrogen and oxygen atoms in total. The minimum atomic E-state index is -0.852. The number of hydrogen-bond acceptors (Lipinski definition) is 3. The van der Waals surface area contributed by atoms with Crippen molar-refractivity contribution in [3.05, 3.63) is 29.3 Å². The number of hydrogen-bond donors (Lipinski definition) is 2. The standard InChI is InChI=1S/C11H13F2N3O/c12-7-5-8(10(13)9(14)6-7)11(17)16-3-1-15-2-4-16/h5-6,15H,1-4,14H2. The Hall–Kier alpha value is -1.69. The normalized spacial score (nSPS) is 16.0. The Labute approximate surface area is 97.4 Å². The van der Waals surface area contributed by atoms with E-state index in [2.05, 4.69) is 5.32 Å². The van der Waals surface area contributed by atoms with Crippen molar-refractivity contribution in [3.8, 4) is 0 Å². The van der Waals surface area contributed by atoms with Crippen LogP contribution < -0.4 is 11.1 Å². The Morgan fingerprint density at radius 2 is 1.94 bits per heavy atom. The van der Waals surface area contributed by atoms with Gasteiger partial charge in [0, 0.05) is 26.2 Å². The number of anilines is 1. The average molecular weight is 241 g/mol. The third-order valence-corrected chi connectivity index (χ3v) is 2.70. The zero-order chi connectivity index (χ0) is 12.4. The van der Waals surface area contributed by atoms with Gasteiger partial charge in [0.1, 0.15) is 5.82 Å². The van der Waals surface area contributed by atoms with E-state index in [1.165, 1.54) is 4.90 Å². The summed E-state index contributed by atoms with van der Waals surface area (Å²) in [6.07, 6.45) is 0. The Morgan fingerprint density at radius 3 is 2.59 bits per heavy atom. The highest BCUT2D eigenvalue weighted by Crippen LogP contribution is 2.19. The molecule has 3 N–H and O–H groups in total. The molecule has 1 aliphatic rings. The predicted octanol–water partition coefficient (Wildman–Crippen LogP) is 0.592. The fourth-order valence-corrected chi connectivity index (χ4v) is 1.80. The van der Waals surface area contributed by atoms with Crippen LogP contribution in [-0.4, -0.2) is 37.0 Å². The molecule has 0 saturated carbocycles. The lowest BCUT2D eigenvalue weighted by molar-refractivity contribution is 0.0730. The molecule has 0 radical (unpaired) electrons. The van der Waals surface area contributed by atoms with E-state index in [4.69, 9.17) is 5.73 Å². The van der Waals surface area contributed by atoms with E-state index >= 15 is 0 Å². The molecule has 0 aliphatic carbocycles. The number of benzene rings is 1. The van der Waals surface area contributed by atoms with Gasteiger partial charge >= 0.3 is 0 Å². The number of carbonyl (C=O) groups excluding carboxylic acids is 1. The van der Waals surface area contributed by atoms with Crippen molar-refractivity contribution in [3.63, 3.8) is 0 Å². The van der Waals surface area contributed by atoms with Gasteiger partial charge in [-0.05, 0) is 12.1 Å². The van der Waals surface area contributed by atoms with E-state index in [1.807, 2.05) is 0 Å². The zero-order valence-corrected chi connectivity index (χ0v) is 9.17. The molecule has 92 valence electrons. The van der Waals surface area contributed by atoms with E-state index in [1.54, 1.807) is 0 Å². The number of nitrogens with zero attached hydrogens (tertiary/aromatic N) is 1. The first-order valence-electron chi connectivity index (χ1n) is 5.34. The van der Waals surface area contributed by atoms with Crippen molar-refractivity contribution in [2.75, 3.05) is 31.9 Å². The summed E-state index contributed by atoms with van der Waals surface area (Å²) in [7, 11) is 0. The molecular formula is C11H13F2N3O. The summed E-state index contributed by atoms with van der Waals surface area (Å²) < 4.78 is 26.7. The number of piperazine rings is 1. The highest BCUT2D eigenvalue weighted by Gasteiger charge is 2.22. The molecule has 0 atom stereocenters. The van der Waals surface area contributed by atoms with Crippen molar-refractivity contribution in [2.24, 2.45) is 0 Å². The summed E-state index contributed by atoms with van der Waals surface area (Å²) in [5.74, 6) is -2.08. The molecule has 1 saturated heterocycles. The highest BCUT2D eigenvalue weighted by atomic mass is 19.1. The fraction of sp³-hybridized carbons (Fsp3) is 0.364. The second-order valence-electron chi connectivity index (χ2n) is 3.90. The maximum absolute atomic E-state index is 13.6. The first-order valence-corrected chi connectivity index (χ1v) is 5.34. The number of rotatable bonds is 1. The number of nitrogens with two attached hydrogens (primary N) is 1. The van der Waals surface area contributed by atoms with Gasteiger partial charge in [-0.1, -0.05) is 0 Å². The smallest absolute Gasteiger partial charge is 0.257 e. The Bertz CT molecular complexity index is 445. The first kappa shape index (κ1) is 11.8. The second kappa shape index (κ2) is 4.67. The van der Waals surface area contributed by atoms with Gasteiger partial charge in [0.15, 0.2) is 5.82 Å². The average Bonchev–Trinajstić information content (AvgIpc) is 2.34. The fourth-order valence-electron chi connectivity index (χ4n) is 1.80. The van der Waals surface area contributed by atoms with Gasteiger partial charge in [0.05, 0.1) is 11.3 Å². The third-order valence-electron chi connectivity index (χ3n) is 2.70. The summed E-state index contributed by atoms with van der Waals surface area (Å²) in [6.45, 7) is 2.26. The van der Waals surface area contributed by atoms with E-state index in [-0.39, 0.29) is 11.3 Å². The van der Waals surface area contributed by atoms with Crippen LogP contribution in [0, 0.1) is 11.6 Å². The van der Waals surface area contributed by atoms with Crippen LogP contribution in [0.15, 0.2) is 12.1 Å². The molecule has 1 fully saturated rings. The van der Waals surface area contributed by atoms with Crippen molar-refractivity contribution < 1.29 is 13.6 Å². The predicted molar refractivity (Wildman–Crippen MR) is 59.5 cm³/mol. The molecule has 0 unspecified atom stereocenters. The highest BCUT2D eigenvalue weighted by molar-refractivity contribution is 5.95. The van der Waals surface area contributed by atoms with E-state index < -0.39 is 17.5 Å². The van der Waals surface area contributed by atoms with Gasteiger partial charge in [0.2, 0.25) is 0 Å². The number of carbonyl (C=O) groups is 1. The maximum Gasteiger partial charge on any atom is 0.257 e. The van der Waals surface area contributed by atoms with Crippen LogP contribution in [0.1, 0.15) is 10.4 Å². The summed E-state index contributed by atoms with van der Waals surface area (Å²) in [4.78, 5) is 13.4. The molecule has 2 rings (SSSR count). The third kappa shape index (κ3) is 2.36. The number of halogens is 2. The molecule has 0 spiro atoms. The summed E-state index contributed by atoms with van der Waals surface area (Å²) in [6, 6.07) is 1.75. The first-order chi connectivity index (χ1) is 8.09. The van der Waals surface area contributed by atoms with E-state index in [9.17, 15) is 13.6 Å².